The van der Waals surface area contributed by atoms with Gasteiger partial charge in [0, 0.05) is 13.0 Å². The van der Waals surface area contributed by atoms with Crippen LogP contribution in [0.4, 0.5) is 0 Å². The van der Waals surface area contributed by atoms with Crippen molar-refractivity contribution in [1.82, 2.24) is 15.1 Å². The zero-order chi connectivity index (χ0) is 12.8. The molecule has 3 nitrogen and oxygen atoms in total. The fourth-order valence-electron chi connectivity index (χ4n) is 1.84. The highest BCUT2D eigenvalue weighted by molar-refractivity contribution is 6.31. The summed E-state index contributed by atoms with van der Waals surface area (Å²) in [6.07, 6.45) is 4.20. The highest BCUT2D eigenvalue weighted by atomic mass is 35.5. The van der Waals surface area contributed by atoms with Crippen LogP contribution < -0.4 is 5.32 Å². The van der Waals surface area contributed by atoms with E-state index in [-0.39, 0.29) is 0 Å². The standard InChI is InChI=1S/C13H22ClN3/c1-5-17-12(13(14)11(3)16-17)9-10(2)7-6-8-15-4/h7,15H,5-6,8-9H2,1-4H3. The second-order valence-electron chi connectivity index (χ2n) is 4.28. The molecule has 0 unspecified atom stereocenters. The van der Waals surface area contributed by atoms with Crippen molar-refractivity contribution in [3.05, 3.63) is 28.1 Å². The molecule has 96 valence electrons. The van der Waals surface area contributed by atoms with Crippen molar-refractivity contribution < 1.29 is 0 Å². The number of hydrogen-bond donors (Lipinski definition) is 1. The molecule has 0 amide bonds. The summed E-state index contributed by atoms with van der Waals surface area (Å²) in [5.41, 5.74) is 3.40. The number of allylic oxidation sites excluding steroid dienone is 1. The third-order valence-corrected chi connectivity index (χ3v) is 3.28. The minimum absolute atomic E-state index is 0.813. The van der Waals surface area contributed by atoms with Crippen LogP contribution in [0.25, 0.3) is 0 Å². The molecule has 1 heterocycles. The van der Waals surface area contributed by atoms with Gasteiger partial charge in [0.05, 0.1) is 16.4 Å². The molecule has 0 atom stereocenters. The molecule has 1 rings (SSSR count). The molecule has 0 aliphatic rings. The summed E-state index contributed by atoms with van der Waals surface area (Å²) < 4.78 is 1.99. The first kappa shape index (κ1) is 14.3. The van der Waals surface area contributed by atoms with Crippen molar-refractivity contribution in [2.45, 2.75) is 40.2 Å². The van der Waals surface area contributed by atoms with Gasteiger partial charge in [-0.1, -0.05) is 23.3 Å². The summed E-state index contributed by atoms with van der Waals surface area (Å²) in [7, 11) is 1.97. The Bertz CT molecular complexity index is 394. The Kier molecular flexibility index (Phi) is 5.72. The van der Waals surface area contributed by atoms with E-state index in [0.717, 1.165) is 42.3 Å². The Morgan fingerprint density at radius 1 is 1.53 bits per heavy atom. The van der Waals surface area contributed by atoms with E-state index in [4.69, 9.17) is 11.6 Å². The SMILES string of the molecule is CCn1nc(C)c(Cl)c1CC(C)=CCCNC. The lowest BCUT2D eigenvalue weighted by molar-refractivity contribution is 0.623. The minimum Gasteiger partial charge on any atom is -0.319 e. The number of aryl methyl sites for hydroxylation is 2. The van der Waals surface area contributed by atoms with Gasteiger partial charge >= 0.3 is 0 Å². The summed E-state index contributed by atoms with van der Waals surface area (Å²) in [4.78, 5) is 0. The van der Waals surface area contributed by atoms with E-state index in [1.54, 1.807) is 0 Å². The molecule has 0 radical (unpaired) electrons. The molecule has 0 aliphatic heterocycles. The summed E-state index contributed by atoms with van der Waals surface area (Å²) in [6.45, 7) is 8.07. The van der Waals surface area contributed by atoms with Crippen molar-refractivity contribution in [3.8, 4) is 0 Å². The summed E-state index contributed by atoms with van der Waals surface area (Å²) >= 11 is 6.28. The molecule has 0 aliphatic carbocycles. The lowest BCUT2D eigenvalue weighted by Crippen LogP contribution is -2.07. The maximum Gasteiger partial charge on any atom is 0.0850 e. The lowest BCUT2D eigenvalue weighted by atomic mass is 10.1. The molecule has 1 aromatic rings. The summed E-state index contributed by atoms with van der Waals surface area (Å²) in [5.74, 6) is 0. The van der Waals surface area contributed by atoms with Gasteiger partial charge < -0.3 is 5.32 Å². The third-order valence-electron chi connectivity index (χ3n) is 2.79. The Balaban J connectivity index is 2.76. The van der Waals surface area contributed by atoms with E-state index in [1.807, 2.05) is 18.7 Å². The predicted octanol–water partition coefficient (Wildman–Crippen LogP) is 2.96. The quantitative estimate of drug-likeness (QED) is 0.626. The highest BCUT2D eigenvalue weighted by Crippen LogP contribution is 2.22. The number of rotatable bonds is 6. The van der Waals surface area contributed by atoms with Crippen LogP contribution in [0, 0.1) is 6.92 Å². The van der Waals surface area contributed by atoms with Gasteiger partial charge in [-0.15, -0.1) is 0 Å². The van der Waals surface area contributed by atoms with Crippen LogP contribution in [0.2, 0.25) is 5.02 Å². The Morgan fingerprint density at radius 2 is 2.24 bits per heavy atom. The average Bonchev–Trinajstić information content (AvgIpc) is 2.57. The van der Waals surface area contributed by atoms with E-state index in [2.05, 4.69) is 30.3 Å². The van der Waals surface area contributed by atoms with E-state index in [1.165, 1.54) is 5.57 Å². The average molecular weight is 256 g/mol. The van der Waals surface area contributed by atoms with E-state index in [0.29, 0.717) is 0 Å². The van der Waals surface area contributed by atoms with Crippen molar-refractivity contribution in [2.24, 2.45) is 0 Å². The molecule has 0 spiro atoms. The molecule has 0 saturated heterocycles. The first-order valence-electron chi connectivity index (χ1n) is 6.12. The minimum atomic E-state index is 0.813. The van der Waals surface area contributed by atoms with Crippen LogP contribution in [0.5, 0.6) is 0 Å². The number of hydrogen-bond acceptors (Lipinski definition) is 2. The topological polar surface area (TPSA) is 29.9 Å². The maximum absolute atomic E-state index is 6.28. The number of aromatic nitrogens is 2. The first-order chi connectivity index (χ1) is 8.10. The number of nitrogens with one attached hydrogen (secondary N) is 1. The summed E-state index contributed by atoms with van der Waals surface area (Å²) in [5, 5.41) is 8.37. The first-order valence-corrected chi connectivity index (χ1v) is 6.50. The molecule has 0 saturated carbocycles. The highest BCUT2D eigenvalue weighted by Gasteiger charge is 2.12. The smallest absolute Gasteiger partial charge is 0.0850 e. The van der Waals surface area contributed by atoms with Crippen molar-refractivity contribution >= 4 is 11.6 Å². The van der Waals surface area contributed by atoms with Crippen LogP contribution in [-0.2, 0) is 13.0 Å². The van der Waals surface area contributed by atoms with Crippen LogP contribution >= 0.6 is 11.6 Å². The molecule has 0 bridgehead atoms. The normalized spacial score (nSPS) is 12.2. The van der Waals surface area contributed by atoms with Crippen LogP contribution in [0.1, 0.15) is 31.7 Å². The zero-order valence-electron chi connectivity index (χ0n) is 11.2. The van der Waals surface area contributed by atoms with E-state index < -0.39 is 0 Å². The van der Waals surface area contributed by atoms with Gasteiger partial charge in [-0.25, -0.2) is 0 Å². The monoisotopic (exact) mass is 255 g/mol. The summed E-state index contributed by atoms with van der Waals surface area (Å²) in [6, 6.07) is 0. The van der Waals surface area contributed by atoms with Crippen molar-refractivity contribution in [2.75, 3.05) is 13.6 Å². The maximum atomic E-state index is 6.28. The van der Waals surface area contributed by atoms with Gasteiger partial charge in [-0.2, -0.15) is 5.10 Å². The van der Waals surface area contributed by atoms with Gasteiger partial charge in [0.1, 0.15) is 0 Å². The number of halogens is 1. The third kappa shape index (κ3) is 3.86. The number of nitrogens with zero attached hydrogens (tertiary/aromatic N) is 2. The Morgan fingerprint density at radius 3 is 2.82 bits per heavy atom. The lowest BCUT2D eigenvalue weighted by Gasteiger charge is -2.06. The Labute approximate surface area is 109 Å². The molecule has 1 N–H and O–H groups in total. The van der Waals surface area contributed by atoms with E-state index in [9.17, 15) is 0 Å². The molecule has 4 heteroatoms. The van der Waals surface area contributed by atoms with Gasteiger partial charge in [-0.3, -0.25) is 4.68 Å². The van der Waals surface area contributed by atoms with Gasteiger partial charge in [0.15, 0.2) is 0 Å². The van der Waals surface area contributed by atoms with Crippen molar-refractivity contribution in [1.29, 1.82) is 0 Å². The molecular weight excluding hydrogens is 234 g/mol. The largest absolute Gasteiger partial charge is 0.319 e. The van der Waals surface area contributed by atoms with Crippen LogP contribution in [0.15, 0.2) is 11.6 Å². The van der Waals surface area contributed by atoms with Crippen LogP contribution in [0.3, 0.4) is 0 Å². The molecule has 17 heavy (non-hydrogen) atoms. The molecular formula is C13H22ClN3. The molecule has 0 aromatic carbocycles. The van der Waals surface area contributed by atoms with E-state index >= 15 is 0 Å². The Hall–Kier alpha value is -0.800. The molecule has 1 aromatic heterocycles. The van der Waals surface area contributed by atoms with Crippen LogP contribution in [-0.4, -0.2) is 23.4 Å². The van der Waals surface area contributed by atoms with Crippen molar-refractivity contribution in [3.63, 3.8) is 0 Å². The second-order valence-corrected chi connectivity index (χ2v) is 4.66. The fraction of sp³-hybridized carbons (Fsp3) is 0.615. The fourth-order valence-corrected chi connectivity index (χ4v) is 2.04. The second kappa shape index (κ2) is 6.82. The van der Waals surface area contributed by atoms with Gasteiger partial charge in [-0.05, 0) is 40.8 Å². The molecule has 0 fully saturated rings. The predicted molar refractivity (Wildman–Crippen MR) is 73.7 cm³/mol. The van der Waals surface area contributed by atoms with Gasteiger partial charge in [0.25, 0.3) is 0 Å². The van der Waals surface area contributed by atoms with Gasteiger partial charge in [0.2, 0.25) is 0 Å². The zero-order valence-corrected chi connectivity index (χ0v) is 11.9.